The second-order valence-electron chi connectivity index (χ2n) is 11.9. The number of rotatable bonds is 6. The van der Waals surface area contributed by atoms with Crippen LogP contribution in [0.25, 0.3) is 0 Å². The lowest BCUT2D eigenvalue weighted by Crippen LogP contribution is -2.19. The summed E-state index contributed by atoms with van der Waals surface area (Å²) in [5, 5.41) is 0.846. The first-order valence-electron chi connectivity index (χ1n) is 15.5. The van der Waals surface area contributed by atoms with E-state index in [-0.39, 0.29) is 17.0 Å². The van der Waals surface area contributed by atoms with E-state index in [1.54, 1.807) is 33.9 Å². The van der Waals surface area contributed by atoms with Gasteiger partial charge in [-0.15, -0.1) is 17.0 Å². The standard InChI is InChI=1S/C14H21N2O.C10H13BrO.C10H14O.C4H6N2.BrH/c1-11-7-12(2)14(17-4)13(8-11)9-16-6-5-15(3)10-16;1-7-4-8(2)10(12-3)9(5-7)6-11;1-7-5-8(2)10(11-4)9(3)6-7;1-6-3-2-5-4-6;/h7-8,10H,5-6,9H2,1-4H3;4-5H,6H2,1-3H3;5-6H,1-4H3;2-4H,1H3;1H/q+1;;;;. The minimum absolute atomic E-state index is 0. The second kappa shape index (κ2) is 20.8. The van der Waals surface area contributed by atoms with E-state index in [0.717, 1.165) is 42.2 Å². The van der Waals surface area contributed by atoms with Gasteiger partial charge in [0.15, 0.2) is 0 Å². The SMILES string of the molecule is Br.COc1c(C)cc(C)cc1C.COc1c(C)cc(C)cc1CBr.COc1c(C)cc(C)cc1CN1C=[N+](C)CC1.Cn1ccnc1. The molecule has 0 N–H and O–H groups in total. The fraction of sp³-hybridized carbons (Fsp3) is 0.421. The molecule has 1 aliphatic heterocycles. The third-order valence-corrected chi connectivity index (χ3v) is 8.07. The van der Waals surface area contributed by atoms with Gasteiger partial charge in [-0.25, -0.2) is 4.98 Å². The highest BCUT2D eigenvalue weighted by Crippen LogP contribution is 2.27. The normalized spacial score (nSPS) is 11.4. The molecule has 0 aliphatic carbocycles. The number of aryl methyl sites for hydroxylation is 8. The molecule has 0 bridgehead atoms. The number of aromatic nitrogens is 2. The molecule has 0 atom stereocenters. The van der Waals surface area contributed by atoms with Gasteiger partial charge in [-0.1, -0.05) is 63.0 Å². The van der Waals surface area contributed by atoms with Crippen LogP contribution in [0, 0.1) is 48.5 Å². The molecule has 0 unspecified atom stereocenters. The number of halogens is 2. The summed E-state index contributed by atoms with van der Waals surface area (Å²) in [6.45, 7) is 17.8. The maximum Gasteiger partial charge on any atom is 0.234 e. The molecule has 7 nitrogen and oxygen atoms in total. The summed E-state index contributed by atoms with van der Waals surface area (Å²) >= 11 is 3.44. The van der Waals surface area contributed by atoms with E-state index < -0.39 is 0 Å². The maximum atomic E-state index is 5.51. The van der Waals surface area contributed by atoms with Crippen molar-refractivity contribution in [3.8, 4) is 17.2 Å². The molecule has 0 amide bonds. The Labute approximate surface area is 302 Å². The van der Waals surface area contributed by atoms with Crippen LogP contribution in [0.2, 0.25) is 0 Å². The predicted molar refractivity (Wildman–Crippen MR) is 206 cm³/mol. The number of ether oxygens (including phenoxy) is 3. The van der Waals surface area contributed by atoms with Gasteiger partial charge in [0, 0.05) is 35.9 Å². The van der Waals surface area contributed by atoms with Crippen molar-refractivity contribution < 1.29 is 18.8 Å². The van der Waals surface area contributed by atoms with Crippen LogP contribution in [-0.2, 0) is 18.9 Å². The molecule has 0 fully saturated rings. The quantitative estimate of drug-likeness (QED) is 0.145. The maximum absolute atomic E-state index is 5.51. The number of hydrogen-bond acceptors (Lipinski definition) is 5. The van der Waals surface area contributed by atoms with E-state index in [9.17, 15) is 0 Å². The van der Waals surface area contributed by atoms with Gasteiger partial charge in [0.2, 0.25) is 6.34 Å². The van der Waals surface area contributed by atoms with E-state index in [0.29, 0.717) is 0 Å². The highest BCUT2D eigenvalue weighted by molar-refractivity contribution is 9.08. The molecule has 2 heterocycles. The van der Waals surface area contributed by atoms with Gasteiger partial charge in [-0.2, -0.15) is 0 Å². The molecular formula is C38H55Br2N4O3+. The molecule has 258 valence electrons. The molecule has 9 heteroatoms. The lowest BCUT2D eigenvalue weighted by Gasteiger charge is -2.14. The second-order valence-corrected chi connectivity index (χ2v) is 12.5. The number of hydrogen-bond donors (Lipinski definition) is 0. The third kappa shape index (κ3) is 13.4. The number of nitrogens with zero attached hydrogens (tertiary/aromatic N) is 4. The van der Waals surface area contributed by atoms with Crippen molar-refractivity contribution in [2.75, 3.05) is 41.5 Å². The molecule has 1 aromatic heterocycles. The van der Waals surface area contributed by atoms with E-state index in [4.69, 9.17) is 14.2 Å². The van der Waals surface area contributed by atoms with Crippen LogP contribution >= 0.6 is 32.9 Å². The first-order valence-corrected chi connectivity index (χ1v) is 16.6. The molecule has 0 spiro atoms. The lowest BCUT2D eigenvalue weighted by molar-refractivity contribution is -0.482. The van der Waals surface area contributed by atoms with Crippen molar-refractivity contribution in [2.24, 2.45) is 7.05 Å². The lowest BCUT2D eigenvalue weighted by atomic mass is 10.1. The monoisotopic (exact) mass is 773 g/mol. The summed E-state index contributed by atoms with van der Waals surface area (Å²) in [6, 6.07) is 12.9. The van der Waals surface area contributed by atoms with Gasteiger partial charge in [0.25, 0.3) is 0 Å². The topological polar surface area (TPSA) is 51.8 Å². The van der Waals surface area contributed by atoms with Crippen LogP contribution in [-0.4, -0.2) is 66.8 Å². The average molecular weight is 776 g/mol. The van der Waals surface area contributed by atoms with Crippen LogP contribution < -0.4 is 14.2 Å². The van der Waals surface area contributed by atoms with E-state index in [1.165, 1.54) is 50.1 Å². The van der Waals surface area contributed by atoms with Crippen molar-refractivity contribution in [1.29, 1.82) is 0 Å². The summed E-state index contributed by atoms with van der Waals surface area (Å²) in [4.78, 5) is 6.11. The van der Waals surface area contributed by atoms with Gasteiger partial charge >= 0.3 is 0 Å². The van der Waals surface area contributed by atoms with Crippen LogP contribution in [0.3, 0.4) is 0 Å². The zero-order valence-electron chi connectivity index (χ0n) is 30.4. The fourth-order valence-electron chi connectivity index (χ4n) is 5.72. The third-order valence-electron chi connectivity index (χ3n) is 7.46. The van der Waals surface area contributed by atoms with Gasteiger partial charge in [-0.3, -0.25) is 9.48 Å². The summed E-state index contributed by atoms with van der Waals surface area (Å²) in [7, 11) is 9.22. The van der Waals surface area contributed by atoms with Crippen molar-refractivity contribution in [1.82, 2.24) is 14.5 Å². The Hall–Kier alpha value is -3.30. The zero-order chi connectivity index (χ0) is 34.4. The summed E-state index contributed by atoms with van der Waals surface area (Å²) in [6.07, 6.45) is 7.57. The number of methoxy groups -OCH3 is 3. The Balaban J connectivity index is 0.000000328. The largest absolute Gasteiger partial charge is 0.496 e. The molecule has 0 radical (unpaired) electrons. The summed E-state index contributed by atoms with van der Waals surface area (Å²) in [5.74, 6) is 3.03. The minimum atomic E-state index is 0. The highest BCUT2D eigenvalue weighted by Gasteiger charge is 2.19. The number of benzene rings is 3. The highest BCUT2D eigenvalue weighted by atomic mass is 79.9. The van der Waals surface area contributed by atoms with E-state index in [1.807, 2.05) is 17.8 Å². The number of imidazole rings is 1. The molecule has 3 aromatic carbocycles. The van der Waals surface area contributed by atoms with E-state index >= 15 is 0 Å². The first kappa shape index (κ1) is 41.7. The molecule has 1 aliphatic rings. The Morgan fingerprint density at radius 3 is 1.53 bits per heavy atom. The van der Waals surface area contributed by atoms with Gasteiger partial charge < -0.3 is 18.8 Å². The Bertz CT molecular complexity index is 1550. The van der Waals surface area contributed by atoms with Gasteiger partial charge in [-0.05, 0) is 76.8 Å². The van der Waals surface area contributed by atoms with Crippen LogP contribution in [0.5, 0.6) is 17.2 Å². The zero-order valence-corrected chi connectivity index (χ0v) is 33.7. The Morgan fingerprint density at radius 1 is 0.723 bits per heavy atom. The number of likely N-dealkylation sites (N-methyl/N-ethyl adjacent to an activating group) is 1. The van der Waals surface area contributed by atoms with Crippen LogP contribution in [0.1, 0.15) is 50.1 Å². The van der Waals surface area contributed by atoms with Crippen LogP contribution in [0.4, 0.5) is 0 Å². The Kier molecular flexibility index (Phi) is 18.5. The fourth-order valence-corrected chi connectivity index (χ4v) is 6.14. The van der Waals surface area contributed by atoms with Gasteiger partial charge in [0.05, 0.1) is 34.7 Å². The minimum Gasteiger partial charge on any atom is -0.496 e. The van der Waals surface area contributed by atoms with Crippen LogP contribution in [0.15, 0.2) is 55.1 Å². The van der Waals surface area contributed by atoms with Crippen molar-refractivity contribution >= 4 is 39.2 Å². The van der Waals surface area contributed by atoms with Crippen molar-refractivity contribution in [3.63, 3.8) is 0 Å². The first-order chi connectivity index (χ1) is 21.8. The molecule has 47 heavy (non-hydrogen) atoms. The Morgan fingerprint density at radius 2 is 1.17 bits per heavy atom. The summed E-state index contributed by atoms with van der Waals surface area (Å²) in [5.41, 5.74) is 11.2. The molecular weight excluding hydrogens is 720 g/mol. The van der Waals surface area contributed by atoms with Crippen molar-refractivity contribution in [3.05, 3.63) is 105 Å². The number of alkyl halides is 1. The van der Waals surface area contributed by atoms with Crippen molar-refractivity contribution in [2.45, 2.75) is 60.3 Å². The van der Waals surface area contributed by atoms with E-state index in [2.05, 4.69) is 129 Å². The molecule has 0 saturated heterocycles. The average Bonchev–Trinajstić information content (AvgIpc) is 3.63. The summed E-state index contributed by atoms with van der Waals surface area (Å²) < 4.78 is 20.1. The molecule has 4 aromatic rings. The smallest absolute Gasteiger partial charge is 0.234 e. The predicted octanol–water partition coefficient (Wildman–Crippen LogP) is 8.62. The van der Waals surface area contributed by atoms with Gasteiger partial charge in [0.1, 0.15) is 36.9 Å². The molecule has 0 saturated carbocycles. The molecule has 5 rings (SSSR count).